The molecule has 1 aromatic carbocycles. The smallest absolute Gasteiger partial charge is 0.141 e. The molecule has 0 aliphatic heterocycles. The zero-order valence-corrected chi connectivity index (χ0v) is 16.0. The molecule has 1 aliphatic rings. The van der Waals surface area contributed by atoms with Crippen LogP contribution in [0.5, 0.6) is 5.75 Å². The van der Waals surface area contributed by atoms with Gasteiger partial charge in [-0.1, -0.05) is 12.2 Å². The molecule has 1 fully saturated rings. The molecule has 4 rings (SSSR count). The highest BCUT2D eigenvalue weighted by Gasteiger charge is 2.28. The van der Waals surface area contributed by atoms with Crippen LogP contribution < -0.4 is 4.74 Å². The number of carbonyl (C=O) groups is 1. The van der Waals surface area contributed by atoms with Gasteiger partial charge in [-0.05, 0) is 37.6 Å². The summed E-state index contributed by atoms with van der Waals surface area (Å²) in [6, 6.07) is 6.84. The van der Waals surface area contributed by atoms with Crippen LogP contribution in [0, 0.1) is 11.7 Å². The summed E-state index contributed by atoms with van der Waals surface area (Å²) in [5.74, 6) is 0.623. The Labute approximate surface area is 162 Å². The zero-order valence-electron chi connectivity index (χ0n) is 16.0. The quantitative estimate of drug-likeness (QED) is 0.628. The first-order valence-corrected chi connectivity index (χ1v) is 9.33. The summed E-state index contributed by atoms with van der Waals surface area (Å²) in [5, 5.41) is 5.38. The maximum absolute atomic E-state index is 13.2. The molecule has 2 heterocycles. The number of pyridine rings is 1. The van der Waals surface area contributed by atoms with Crippen molar-refractivity contribution in [2.45, 2.75) is 32.3 Å². The number of aryl methyl sites for hydroxylation is 1. The number of hydrogen-bond donors (Lipinski definition) is 0. The van der Waals surface area contributed by atoms with Crippen LogP contribution in [-0.4, -0.2) is 26.7 Å². The molecule has 6 heteroatoms. The molecule has 5 nitrogen and oxygen atoms in total. The van der Waals surface area contributed by atoms with Crippen molar-refractivity contribution in [3.05, 3.63) is 54.6 Å². The van der Waals surface area contributed by atoms with Gasteiger partial charge in [0.2, 0.25) is 0 Å². The van der Waals surface area contributed by atoms with E-state index in [1.807, 2.05) is 32.3 Å². The van der Waals surface area contributed by atoms with E-state index in [4.69, 9.17) is 4.74 Å². The molecule has 0 unspecified atom stereocenters. The fraction of sp³-hybridized carbons (Fsp3) is 0.318. The van der Waals surface area contributed by atoms with Crippen molar-refractivity contribution in [2.75, 3.05) is 0 Å². The van der Waals surface area contributed by atoms with Crippen molar-refractivity contribution in [2.24, 2.45) is 13.0 Å². The molecule has 3 aromatic rings. The lowest BCUT2D eigenvalue weighted by Crippen LogP contribution is -2.29. The maximum Gasteiger partial charge on any atom is 0.141 e. The topological polar surface area (TPSA) is 57.0 Å². The molecular formula is C22H22FN3O2. The standard InChI is InChI=1S/C22H22FN3O2/c1-13-6-15(8-18(27)7-13)14(2)28-22-10-16(20-5-4-17(23)11-24-20)9-21-19(22)12-26(3)25-21/h4-5,9-12,14-15H,1,6-8H2,2-3H3/t14-,15+/m1/s1. The van der Waals surface area contributed by atoms with Gasteiger partial charge >= 0.3 is 0 Å². The van der Waals surface area contributed by atoms with E-state index < -0.39 is 0 Å². The fourth-order valence-corrected chi connectivity index (χ4v) is 3.79. The Balaban J connectivity index is 1.69. The highest BCUT2D eigenvalue weighted by atomic mass is 19.1. The Kier molecular flexibility index (Phi) is 4.71. The lowest BCUT2D eigenvalue weighted by Gasteiger charge is -2.29. The lowest BCUT2D eigenvalue weighted by molar-refractivity contribution is -0.121. The molecule has 0 N–H and O–H groups in total. The largest absolute Gasteiger partial charge is 0.490 e. The number of rotatable bonds is 4. The van der Waals surface area contributed by atoms with Crippen LogP contribution >= 0.6 is 0 Å². The molecule has 2 atom stereocenters. The van der Waals surface area contributed by atoms with E-state index in [9.17, 15) is 9.18 Å². The Hall–Kier alpha value is -3.02. The van der Waals surface area contributed by atoms with Gasteiger partial charge in [-0.2, -0.15) is 5.10 Å². The summed E-state index contributed by atoms with van der Waals surface area (Å²) in [6.45, 7) is 5.98. The molecule has 0 bridgehead atoms. The highest BCUT2D eigenvalue weighted by molar-refractivity contribution is 5.89. The molecule has 0 amide bonds. The second-order valence-corrected chi connectivity index (χ2v) is 7.53. The normalized spacial score (nSPS) is 18.5. The van der Waals surface area contributed by atoms with Crippen molar-refractivity contribution in [3.63, 3.8) is 0 Å². The summed E-state index contributed by atoms with van der Waals surface area (Å²) >= 11 is 0. The third-order valence-corrected chi connectivity index (χ3v) is 5.19. The van der Waals surface area contributed by atoms with Crippen molar-refractivity contribution >= 4 is 16.7 Å². The van der Waals surface area contributed by atoms with Gasteiger partial charge in [-0.25, -0.2) is 4.39 Å². The van der Waals surface area contributed by atoms with Gasteiger partial charge in [0.05, 0.1) is 28.9 Å². The van der Waals surface area contributed by atoms with E-state index in [1.54, 1.807) is 10.7 Å². The van der Waals surface area contributed by atoms with Crippen LogP contribution in [0.2, 0.25) is 0 Å². The minimum absolute atomic E-state index is 0.105. The molecule has 144 valence electrons. The number of nitrogens with zero attached hydrogens (tertiary/aromatic N) is 3. The fourth-order valence-electron chi connectivity index (χ4n) is 3.79. The van der Waals surface area contributed by atoms with Crippen molar-refractivity contribution in [3.8, 4) is 17.0 Å². The molecular weight excluding hydrogens is 357 g/mol. The number of fused-ring (bicyclic) bond motifs is 1. The van der Waals surface area contributed by atoms with E-state index in [0.717, 1.165) is 28.5 Å². The number of carbonyl (C=O) groups excluding carboxylic acids is 1. The summed E-state index contributed by atoms with van der Waals surface area (Å²) in [6.07, 6.45) is 4.73. The average molecular weight is 379 g/mol. The van der Waals surface area contributed by atoms with Crippen LogP contribution in [0.4, 0.5) is 4.39 Å². The number of ether oxygens (including phenoxy) is 1. The average Bonchev–Trinajstić information content (AvgIpc) is 3.02. The molecule has 1 aliphatic carbocycles. The Morgan fingerprint density at radius 3 is 2.86 bits per heavy atom. The number of hydrogen-bond acceptors (Lipinski definition) is 4. The number of allylic oxidation sites excluding steroid dienone is 1. The number of Topliss-reactive ketones (excluding diaryl/α,β-unsaturated/α-hetero) is 1. The summed E-state index contributed by atoms with van der Waals surface area (Å²) in [4.78, 5) is 16.1. The minimum atomic E-state index is -0.380. The van der Waals surface area contributed by atoms with E-state index in [0.29, 0.717) is 24.3 Å². The third kappa shape index (κ3) is 3.67. The van der Waals surface area contributed by atoms with Crippen LogP contribution in [0.1, 0.15) is 26.2 Å². The van der Waals surface area contributed by atoms with Crippen molar-refractivity contribution in [1.29, 1.82) is 0 Å². The van der Waals surface area contributed by atoms with E-state index >= 15 is 0 Å². The van der Waals surface area contributed by atoms with Gasteiger partial charge in [-0.15, -0.1) is 0 Å². The zero-order chi connectivity index (χ0) is 19.8. The molecule has 1 saturated carbocycles. The molecule has 0 saturated heterocycles. The molecule has 28 heavy (non-hydrogen) atoms. The monoisotopic (exact) mass is 379 g/mol. The van der Waals surface area contributed by atoms with Gasteiger partial charge in [-0.3, -0.25) is 14.5 Å². The molecule has 0 radical (unpaired) electrons. The molecule has 2 aromatic heterocycles. The van der Waals surface area contributed by atoms with Gasteiger partial charge in [0, 0.05) is 37.6 Å². The van der Waals surface area contributed by atoms with E-state index in [-0.39, 0.29) is 23.6 Å². The van der Waals surface area contributed by atoms with Crippen LogP contribution in [0.25, 0.3) is 22.2 Å². The van der Waals surface area contributed by atoms with E-state index in [2.05, 4.69) is 16.7 Å². The first kappa shape index (κ1) is 18.3. The highest BCUT2D eigenvalue weighted by Crippen LogP contribution is 2.35. The Bertz CT molecular complexity index is 1040. The Morgan fingerprint density at radius 1 is 1.32 bits per heavy atom. The summed E-state index contributed by atoms with van der Waals surface area (Å²) < 4.78 is 21.3. The predicted molar refractivity (Wildman–Crippen MR) is 105 cm³/mol. The second kappa shape index (κ2) is 7.19. The van der Waals surface area contributed by atoms with Gasteiger partial charge in [0.1, 0.15) is 17.3 Å². The third-order valence-electron chi connectivity index (χ3n) is 5.19. The SMILES string of the molecule is C=C1CC(=O)C[C@@H]([C@@H](C)Oc2cc(-c3ccc(F)cn3)cc3nn(C)cc23)C1. The number of halogens is 1. The number of benzene rings is 1. The van der Waals surface area contributed by atoms with Crippen molar-refractivity contribution in [1.82, 2.24) is 14.8 Å². The van der Waals surface area contributed by atoms with Crippen LogP contribution in [-0.2, 0) is 11.8 Å². The maximum atomic E-state index is 13.2. The number of ketones is 1. The van der Waals surface area contributed by atoms with Crippen LogP contribution in [0.15, 0.2) is 48.8 Å². The summed E-state index contributed by atoms with van der Waals surface area (Å²) in [7, 11) is 1.85. The first-order chi connectivity index (χ1) is 13.4. The minimum Gasteiger partial charge on any atom is -0.490 e. The molecule has 0 spiro atoms. The summed E-state index contributed by atoms with van der Waals surface area (Å²) in [5.41, 5.74) is 3.19. The predicted octanol–water partition coefficient (Wildman–Crippen LogP) is 4.47. The van der Waals surface area contributed by atoms with E-state index in [1.165, 1.54) is 12.3 Å². The first-order valence-electron chi connectivity index (χ1n) is 9.33. The number of aromatic nitrogens is 3. The van der Waals surface area contributed by atoms with Gasteiger partial charge in [0.15, 0.2) is 0 Å². The second-order valence-electron chi connectivity index (χ2n) is 7.53. The van der Waals surface area contributed by atoms with Gasteiger partial charge < -0.3 is 4.74 Å². The van der Waals surface area contributed by atoms with Gasteiger partial charge in [0.25, 0.3) is 0 Å². The van der Waals surface area contributed by atoms with Crippen molar-refractivity contribution < 1.29 is 13.9 Å². The van der Waals surface area contributed by atoms with Crippen LogP contribution in [0.3, 0.4) is 0 Å². The Morgan fingerprint density at radius 2 is 2.14 bits per heavy atom. The lowest BCUT2D eigenvalue weighted by atomic mass is 9.82.